The molecule has 0 saturated carbocycles. The third kappa shape index (κ3) is 6.60. The fraction of sp³-hybridized carbons (Fsp3) is 0. The van der Waals surface area contributed by atoms with Crippen LogP contribution in [0.25, 0.3) is 122 Å². The lowest BCUT2D eigenvalue weighted by atomic mass is 9.95. The zero-order valence-corrected chi connectivity index (χ0v) is 34.0. The molecule has 294 valence electrons. The van der Waals surface area contributed by atoms with E-state index in [1.165, 1.54) is 0 Å². The highest BCUT2D eigenvalue weighted by molar-refractivity contribution is 6.25. The van der Waals surface area contributed by atoms with E-state index in [-0.39, 0.29) is 0 Å². The minimum Gasteiger partial charge on any atom is -0.455 e. The van der Waals surface area contributed by atoms with Crippen molar-refractivity contribution in [2.75, 3.05) is 0 Å². The third-order valence-electron chi connectivity index (χ3n) is 11.9. The highest BCUT2D eigenvalue weighted by Crippen LogP contribution is 2.42. The summed E-state index contributed by atoms with van der Waals surface area (Å²) in [6, 6.07) is 75.8. The van der Waals surface area contributed by atoms with Crippen LogP contribution >= 0.6 is 0 Å². The second-order valence-corrected chi connectivity index (χ2v) is 15.8. The van der Waals surface area contributed by atoms with Crippen molar-refractivity contribution < 1.29 is 4.42 Å². The predicted molar refractivity (Wildman–Crippen MR) is 258 cm³/mol. The van der Waals surface area contributed by atoms with Crippen LogP contribution < -0.4 is 0 Å². The molecule has 0 bridgehead atoms. The van der Waals surface area contributed by atoms with Gasteiger partial charge >= 0.3 is 0 Å². The molecule has 0 aliphatic heterocycles. The molecule has 0 aliphatic rings. The fourth-order valence-corrected chi connectivity index (χ4v) is 8.75. The molecule has 5 heteroatoms. The number of furan rings is 1. The molecule has 0 atom stereocenters. The number of hydrogen-bond donors (Lipinski definition) is 0. The number of rotatable bonds is 7. The summed E-state index contributed by atoms with van der Waals surface area (Å²) in [4.78, 5) is 19.8. The minimum atomic E-state index is 0.640. The number of nitrogens with zero attached hydrogens (tertiary/aromatic N) is 4. The quantitative estimate of drug-likeness (QED) is 0.150. The first-order valence-electron chi connectivity index (χ1n) is 21.1. The van der Waals surface area contributed by atoms with Gasteiger partial charge < -0.3 is 4.42 Å². The van der Waals surface area contributed by atoms with Crippen molar-refractivity contribution in [1.29, 1.82) is 0 Å². The highest BCUT2D eigenvalue weighted by Gasteiger charge is 2.18. The van der Waals surface area contributed by atoms with Gasteiger partial charge in [0.2, 0.25) is 0 Å². The van der Waals surface area contributed by atoms with Gasteiger partial charge in [0.25, 0.3) is 0 Å². The summed E-state index contributed by atoms with van der Waals surface area (Å²) < 4.78 is 6.73. The van der Waals surface area contributed by atoms with Gasteiger partial charge in [-0.1, -0.05) is 188 Å². The van der Waals surface area contributed by atoms with Crippen LogP contribution in [0.15, 0.2) is 223 Å². The molecule has 0 aliphatic carbocycles. The van der Waals surface area contributed by atoms with Crippen LogP contribution in [0.2, 0.25) is 0 Å². The van der Waals surface area contributed by atoms with Gasteiger partial charge in [0.05, 0.1) is 11.2 Å². The van der Waals surface area contributed by atoms with Crippen LogP contribution in [-0.4, -0.2) is 19.9 Å². The van der Waals surface area contributed by atoms with Crippen LogP contribution in [0.1, 0.15) is 0 Å². The van der Waals surface area contributed by atoms with E-state index in [1.54, 1.807) is 0 Å². The van der Waals surface area contributed by atoms with Crippen LogP contribution in [-0.2, 0) is 0 Å². The molecule has 0 amide bonds. The van der Waals surface area contributed by atoms with Crippen molar-refractivity contribution in [3.05, 3.63) is 218 Å². The molecule has 12 rings (SSSR count). The third-order valence-corrected chi connectivity index (χ3v) is 11.9. The molecule has 0 unspecified atom stereocenters. The van der Waals surface area contributed by atoms with Crippen molar-refractivity contribution in [3.8, 4) is 78.8 Å². The molecular formula is C58H36N4O. The normalized spacial score (nSPS) is 11.5. The predicted octanol–water partition coefficient (Wildman–Crippen LogP) is 15.1. The first kappa shape index (κ1) is 36.3. The monoisotopic (exact) mass is 804 g/mol. The van der Waals surface area contributed by atoms with Crippen molar-refractivity contribution >= 4 is 43.6 Å². The maximum absolute atomic E-state index is 6.73. The summed E-state index contributed by atoms with van der Waals surface area (Å²) in [5, 5.41) is 5.45. The first-order valence-corrected chi connectivity index (χ1v) is 21.1. The number of hydrogen-bond acceptors (Lipinski definition) is 5. The smallest absolute Gasteiger partial charge is 0.164 e. The zero-order chi connectivity index (χ0) is 41.7. The SMILES string of the molecule is c1ccc(-c2nc(-c3ccccc3)nc(-c3ccc(-c4ccc(-c5cccc(-c6ccc7oc8c(ccc9c(-c%10ccccc%10)nc%10ccccc%10c98)c7c6)c5)cc4)cc3)n2)cc1. The van der Waals surface area contributed by atoms with E-state index in [0.29, 0.717) is 17.5 Å². The maximum Gasteiger partial charge on any atom is 0.164 e. The number of para-hydroxylation sites is 1. The van der Waals surface area contributed by atoms with Gasteiger partial charge in [-0.25, -0.2) is 19.9 Å². The molecule has 0 N–H and O–H groups in total. The molecule has 0 fully saturated rings. The molecule has 5 nitrogen and oxygen atoms in total. The largest absolute Gasteiger partial charge is 0.455 e. The second kappa shape index (κ2) is 15.2. The fourth-order valence-electron chi connectivity index (χ4n) is 8.75. The number of fused-ring (bicyclic) bond motifs is 7. The van der Waals surface area contributed by atoms with E-state index in [1.807, 2.05) is 72.8 Å². The molecule has 3 aromatic heterocycles. The summed E-state index contributed by atoms with van der Waals surface area (Å²) in [6.07, 6.45) is 0. The molecular weight excluding hydrogens is 769 g/mol. The Hall–Kier alpha value is -8.54. The summed E-state index contributed by atoms with van der Waals surface area (Å²) in [5.74, 6) is 1.94. The average molecular weight is 805 g/mol. The average Bonchev–Trinajstić information content (AvgIpc) is 3.75. The van der Waals surface area contributed by atoms with Crippen molar-refractivity contribution in [2.45, 2.75) is 0 Å². The Morgan fingerprint density at radius 3 is 1.33 bits per heavy atom. The molecule has 0 saturated heterocycles. The van der Waals surface area contributed by atoms with Gasteiger partial charge in [-0.3, -0.25) is 0 Å². The maximum atomic E-state index is 6.73. The standard InChI is InChI=1S/C58H36N4O/c1-4-13-40(14-5-1)54-49-33-32-47-50-36-46(31-34-52(50)63-55(47)53(49)48-21-10-11-22-51(48)59-54)45-20-12-19-44(35-45)39-25-23-37(24-26-39)38-27-29-43(30-28-38)58-61-56(41-15-6-2-7-16-41)60-57(62-58)42-17-8-3-9-18-42/h1-36H. The molecule has 0 radical (unpaired) electrons. The summed E-state index contributed by atoms with van der Waals surface area (Å²) in [7, 11) is 0. The zero-order valence-electron chi connectivity index (χ0n) is 34.0. The van der Waals surface area contributed by atoms with Crippen LogP contribution in [0.4, 0.5) is 0 Å². The Morgan fingerprint density at radius 1 is 0.270 bits per heavy atom. The summed E-state index contributed by atoms with van der Waals surface area (Å²) in [6.45, 7) is 0. The number of aromatic nitrogens is 4. The molecule has 3 heterocycles. The van der Waals surface area contributed by atoms with E-state index in [0.717, 1.165) is 105 Å². The van der Waals surface area contributed by atoms with Gasteiger partial charge in [-0.2, -0.15) is 0 Å². The van der Waals surface area contributed by atoms with Crippen LogP contribution in [0, 0.1) is 0 Å². The highest BCUT2D eigenvalue weighted by atomic mass is 16.3. The molecule has 9 aromatic carbocycles. The van der Waals surface area contributed by atoms with Gasteiger partial charge in [0.15, 0.2) is 17.5 Å². The van der Waals surface area contributed by atoms with Gasteiger partial charge in [-0.15, -0.1) is 0 Å². The van der Waals surface area contributed by atoms with E-state index < -0.39 is 0 Å². The van der Waals surface area contributed by atoms with Crippen LogP contribution in [0.3, 0.4) is 0 Å². The molecule has 12 aromatic rings. The van der Waals surface area contributed by atoms with E-state index in [4.69, 9.17) is 24.4 Å². The summed E-state index contributed by atoms with van der Waals surface area (Å²) in [5.41, 5.74) is 14.4. The molecule has 63 heavy (non-hydrogen) atoms. The van der Waals surface area contributed by atoms with E-state index in [2.05, 4.69) is 146 Å². The minimum absolute atomic E-state index is 0.640. The number of benzene rings is 9. The number of pyridine rings is 1. The van der Waals surface area contributed by atoms with Crippen molar-refractivity contribution in [2.24, 2.45) is 0 Å². The van der Waals surface area contributed by atoms with E-state index >= 15 is 0 Å². The molecule has 0 spiro atoms. The van der Waals surface area contributed by atoms with E-state index in [9.17, 15) is 0 Å². The first-order chi connectivity index (χ1) is 31.2. The van der Waals surface area contributed by atoms with Crippen molar-refractivity contribution in [3.63, 3.8) is 0 Å². The van der Waals surface area contributed by atoms with Gasteiger partial charge in [0, 0.05) is 49.2 Å². The second-order valence-electron chi connectivity index (χ2n) is 15.8. The Labute approximate surface area is 363 Å². The lowest BCUT2D eigenvalue weighted by Crippen LogP contribution is -2.00. The summed E-state index contributed by atoms with van der Waals surface area (Å²) >= 11 is 0. The van der Waals surface area contributed by atoms with Crippen molar-refractivity contribution in [1.82, 2.24) is 19.9 Å². The lowest BCUT2D eigenvalue weighted by molar-refractivity contribution is 0.673. The topological polar surface area (TPSA) is 64.7 Å². The van der Waals surface area contributed by atoms with Crippen LogP contribution in [0.5, 0.6) is 0 Å². The Bertz CT molecular complexity index is 3580. The Kier molecular flexibility index (Phi) is 8.75. The Balaban J connectivity index is 0.848. The lowest BCUT2D eigenvalue weighted by Gasteiger charge is -2.10. The van der Waals surface area contributed by atoms with Gasteiger partial charge in [0.1, 0.15) is 11.2 Å². The Morgan fingerprint density at radius 2 is 0.714 bits per heavy atom. The van der Waals surface area contributed by atoms with Gasteiger partial charge in [-0.05, 0) is 63.7 Å².